The first kappa shape index (κ1) is 62.3. The molecule has 0 bridgehead atoms. The summed E-state index contributed by atoms with van der Waals surface area (Å²) in [5.74, 6) is -2.15. The van der Waals surface area contributed by atoms with Gasteiger partial charge >= 0.3 is 12.1 Å². The molecule has 23 heteroatoms. The summed E-state index contributed by atoms with van der Waals surface area (Å²) in [5, 5.41) is 23.9. The van der Waals surface area contributed by atoms with Crippen molar-refractivity contribution < 1.29 is 33.8 Å². The van der Waals surface area contributed by atoms with Crippen LogP contribution in [0.4, 0.5) is 27.8 Å². The Morgan fingerprint density at radius 2 is 1.05 bits per heavy atom. The van der Waals surface area contributed by atoms with Gasteiger partial charge in [0.15, 0.2) is 23.0 Å². The van der Waals surface area contributed by atoms with Crippen molar-refractivity contribution in [2.24, 2.45) is 5.73 Å². The summed E-state index contributed by atoms with van der Waals surface area (Å²) < 4.78 is 5.35. The Labute approximate surface area is 504 Å². The monoisotopic (exact) mass is 1200 g/mol. The molecule has 0 saturated carbocycles. The van der Waals surface area contributed by atoms with Crippen molar-refractivity contribution in [1.82, 2.24) is 45.9 Å². The minimum atomic E-state index is -1.16. The quantitative estimate of drug-likeness (QED) is 0.0513. The van der Waals surface area contributed by atoms with Gasteiger partial charge in [-0.2, -0.15) is 0 Å². The number of nitrogens with one attached hydrogen (secondary N) is 4. The average molecular weight is 1200 g/mol. The molecule has 13 N–H and O–H groups in total. The van der Waals surface area contributed by atoms with Gasteiger partial charge in [-0.1, -0.05) is 77.9 Å². The van der Waals surface area contributed by atoms with Crippen molar-refractivity contribution in [3.05, 3.63) is 177 Å². The lowest BCUT2D eigenvalue weighted by molar-refractivity contribution is 0.0519. The van der Waals surface area contributed by atoms with Gasteiger partial charge < -0.3 is 54.0 Å². The van der Waals surface area contributed by atoms with Crippen molar-refractivity contribution in [3.8, 4) is 0 Å². The van der Waals surface area contributed by atoms with Crippen LogP contribution >= 0.6 is 22.7 Å². The average Bonchev–Trinajstić information content (AvgIpc) is 1.90. The summed E-state index contributed by atoms with van der Waals surface area (Å²) in [6, 6.07) is 33.9. The van der Waals surface area contributed by atoms with E-state index in [2.05, 4.69) is 119 Å². The Morgan fingerprint density at radius 1 is 0.558 bits per heavy atom. The lowest BCUT2D eigenvalue weighted by Gasteiger charge is -2.23. The third kappa shape index (κ3) is 15.9. The number of carbonyl (C=O) groups excluding carboxylic acids is 4. The molecule has 444 valence electrons. The van der Waals surface area contributed by atoms with Crippen LogP contribution in [0, 0.1) is 0 Å². The number of hydrogen-bond donors (Lipinski definition) is 9. The molecule has 0 unspecified atom stereocenters. The fourth-order valence-electron chi connectivity index (χ4n) is 8.75. The summed E-state index contributed by atoms with van der Waals surface area (Å²) in [5.41, 5.74) is 29.1. The molecule has 4 aromatic carbocycles. The van der Waals surface area contributed by atoms with Gasteiger partial charge in [0.1, 0.15) is 15.3 Å². The van der Waals surface area contributed by atoms with E-state index in [1.165, 1.54) is 58.6 Å². The second-order valence-electron chi connectivity index (χ2n) is 23.1. The number of ether oxygens (including phenoxy) is 1. The molecule has 4 amide bonds. The van der Waals surface area contributed by atoms with Gasteiger partial charge in [-0.25, -0.2) is 39.5 Å². The molecule has 0 aliphatic rings. The van der Waals surface area contributed by atoms with Crippen LogP contribution in [0.15, 0.2) is 134 Å². The SMILES string of the molecule is CC(C)(C)OC(=O)NC[C@@H](NC(=O)c1cc2cc3cc(C(C)(C)C)ccc3nc2s1)c1cccc(N)c1.CC(C)(C)c1ccc2nc3sc(C(=O)N[C@H](CN)c4cccc(NC(=O)c5nccnc5N)c4)cc3cc2c1.Nc1nccnc1C(=O)O. The van der Waals surface area contributed by atoms with E-state index in [-0.39, 0.29) is 58.8 Å². The highest BCUT2D eigenvalue weighted by molar-refractivity contribution is 7.20. The van der Waals surface area contributed by atoms with Crippen LogP contribution in [-0.4, -0.2) is 83.5 Å². The Bertz CT molecular complexity index is 4170. The molecule has 6 heterocycles. The largest absolute Gasteiger partial charge is 0.476 e. The second-order valence-corrected chi connectivity index (χ2v) is 25.2. The fraction of sp³-hybridized carbons (Fsp3) is 0.254. The number of aromatic carboxylic acids is 1. The third-order valence-electron chi connectivity index (χ3n) is 13.2. The summed E-state index contributed by atoms with van der Waals surface area (Å²) in [6.45, 7) is 18.8. The number of nitrogen functional groups attached to an aromatic ring is 3. The summed E-state index contributed by atoms with van der Waals surface area (Å²) in [4.78, 5) is 88.8. The van der Waals surface area contributed by atoms with E-state index in [1.807, 2.05) is 42.5 Å². The normalized spacial score (nSPS) is 12.3. The first-order valence-electron chi connectivity index (χ1n) is 27.2. The molecule has 86 heavy (non-hydrogen) atoms. The van der Waals surface area contributed by atoms with Crippen molar-refractivity contribution in [1.29, 1.82) is 0 Å². The molecule has 0 spiro atoms. The Kier molecular flexibility index (Phi) is 18.9. The number of carboxylic acid groups (broad SMARTS) is 1. The van der Waals surface area contributed by atoms with Gasteiger partial charge in [-0.3, -0.25) is 14.4 Å². The van der Waals surface area contributed by atoms with Gasteiger partial charge in [0.25, 0.3) is 17.7 Å². The van der Waals surface area contributed by atoms with E-state index in [0.717, 1.165) is 53.4 Å². The number of anilines is 4. The zero-order valence-electron chi connectivity index (χ0n) is 49.0. The van der Waals surface area contributed by atoms with Crippen LogP contribution in [0.5, 0.6) is 0 Å². The first-order valence-corrected chi connectivity index (χ1v) is 28.9. The zero-order valence-corrected chi connectivity index (χ0v) is 50.6. The summed E-state index contributed by atoms with van der Waals surface area (Å²) >= 11 is 2.69. The minimum absolute atomic E-state index is 0.0309. The molecule has 10 rings (SSSR count). The molecule has 2 atom stereocenters. The zero-order chi connectivity index (χ0) is 62.3. The van der Waals surface area contributed by atoms with Gasteiger partial charge in [-0.05, 0) is 127 Å². The number of carbonyl (C=O) groups is 5. The molecular formula is C63H68N14O7S2. The highest BCUT2D eigenvalue weighted by Crippen LogP contribution is 2.33. The molecule has 6 aromatic heterocycles. The Balaban J connectivity index is 0.000000192. The van der Waals surface area contributed by atoms with Crippen molar-refractivity contribution in [2.75, 3.05) is 35.6 Å². The number of hydrogen-bond acceptors (Lipinski definition) is 18. The van der Waals surface area contributed by atoms with E-state index >= 15 is 0 Å². The third-order valence-corrected chi connectivity index (χ3v) is 15.3. The Morgan fingerprint density at radius 3 is 1.51 bits per heavy atom. The first-order chi connectivity index (χ1) is 40.6. The van der Waals surface area contributed by atoms with E-state index in [9.17, 15) is 24.0 Å². The smallest absolute Gasteiger partial charge is 0.407 e. The number of alkyl carbamates (subject to hydrolysis) is 1. The van der Waals surface area contributed by atoms with Crippen molar-refractivity contribution in [2.45, 2.75) is 90.8 Å². The number of nitrogens with two attached hydrogens (primary N) is 4. The van der Waals surface area contributed by atoms with Crippen LogP contribution in [0.2, 0.25) is 0 Å². The van der Waals surface area contributed by atoms with Gasteiger partial charge in [0.05, 0.1) is 32.9 Å². The van der Waals surface area contributed by atoms with E-state index < -0.39 is 35.7 Å². The number of amides is 4. The van der Waals surface area contributed by atoms with Crippen LogP contribution in [0.3, 0.4) is 0 Å². The molecule has 21 nitrogen and oxygen atoms in total. The second kappa shape index (κ2) is 26.1. The van der Waals surface area contributed by atoms with Crippen molar-refractivity contribution in [3.63, 3.8) is 0 Å². The number of carboxylic acids is 1. The minimum Gasteiger partial charge on any atom is -0.476 e. The summed E-state index contributed by atoms with van der Waals surface area (Å²) in [6.07, 6.45) is 4.88. The number of aromatic nitrogens is 6. The fourth-order valence-corrected chi connectivity index (χ4v) is 10.6. The van der Waals surface area contributed by atoms with E-state index in [4.69, 9.17) is 42.7 Å². The molecule has 0 aliphatic heterocycles. The van der Waals surface area contributed by atoms with Gasteiger partial charge in [-0.15, -0.1) is 22.7 Å². The van der Waals surface area contributed by atoms with Crippen LogP contribution < -0.4 is 44.2 Å². The van der Waals surface area contributed by atoms with Crippen LogP contribution in [0.1, 0.15) is 137 Å². The van der Waals surface area contributed by atoms with E-state index in [0.29, 0.717) is 21.1 Å². The van der Waals surface area contributed by atoms with Gasteiger partial charge in [0, 0.05) is 70.8 Å². The highest BCUT2D eigenvalue weighted by Gasteiger charge is 2.24. The van der Waals surface area contributed by atoms with Crippen LogP contribution in [0.25, 0.3) is 42.2 Å². The molecule has 0 aliphatic carbocycles. The maximum absolute atomic E-state index is 13.3. The van der Waals surface area contributed by atoms with Crippen LogP contribution in [-0.2, 0) is 15.6 Å². The maximum atomic E-state index is 13.3. The summed E-state index contributed by atoms with van der Waals surface area (Å²) in [7, 11) is 0. The number of nitrogens with zero attached hydrogens (tertiary/aromatic N) is 6. The highest BCUT2D eigenvalue weighted by atomic mass is 32.1. The Hall–Kier alpha value is -9.71. The number of benzene rings is 4. The number of fused-ring (bicyclic) bond motifs is 4. The maximum Gasteiger partial charge on any atom is 0.407 e. The predicted molar refractivity (Wildman–Crippen MR) is 340 cm³/mol. The number of pyridine rings is 2. The number of rotatable bonds is 12. The van der Waals surface area contributed by atoms with Crippen molar-refractivity contribution >= 4 is 118 Å². The van der Waals surface area contributed by atoms with E-state index in [1.54, 1.807) is 51.1 Å². The number of thiophene rings is 2. The standard InChI is InChI=1S/C29H29N7O2S.C29H34N4O3S.C5H5N3O2/c1-29(2,3)19-7-8-21-17(12-19)11-18-14-23(39-28(18)36-21)26(37)35-22(15-30)16-5-4-6-20(13-16)34-27(38)24-25(31)33-10-9-32-24;1-28(2,3)20-10-11-22-18(13-20)12-19-15-24(37-26(19)33-22)25(34)32-23(17-8-7-9-21(30)14-17)16-31-27(35)36-29(4,5)6;6-4-3(5(9)10)7-1-2-8-4/h4-14,22H,15,30H2,1-3H3,(H2,31,33)(H,34,38)(H,35,37);7-15,23H,16,30H2,1-6H3,(H,31,35)(H,32,34);1-2H,(H2,6,8)(H,9,10)/t22-;23-;/m11./s1. The molecule has 0 radical (unpaired) electrons. The molecule has 0 saturated heterocycles. The lowest BCUT2D eigenvalue weighted by atomic mass is 9.86. The topological polar surface area (TPSA) is 344 Å². The molecule has 0 fully saturated rings. The van der Waals surface area contributed by atoms with Gasteiger partial charge in [0.2, 0.25) is 0 Å². The lowest BCUT2D eigenvalue weighted by Crippen LogP contribution is -2.40. The molecular weight excluding hydrogens is 1130 g/mol. The molecule has 10 aromatic rings. The predicted octanol–water partition coefficient (Wildman–Crippen LogP) is 10.9.